The highest BCUT2D eigenvalue weighted by atomic mass is 32.2. The Hall–Kier alpha value is -2.18. The molecule has 0 spiro atoms. The molecule has 0 bridgehead atoms. The van der Waals surface area contributed by atoms with Gasteiger partial charge in [0.05, 0.1) is 10.8 Å². The number of sulfonamides is 1. The van der Waals surface area contributed by atoms with Crippen LogP contribution in [-0.2, 0) is 14.8 Å². The molecular weight excluding hydrogens is 360 g/mol. The van der Waals surface area contributed by atoms with E-state index in [9.17, 15) is 13.2 Å². The smallest absolute Gasteiger partial charge is 0.243 e. The van der Waals surface area contributed by atoms with Crippen molar-refractivity contribution < 1.29 is 13.2 Å². The van der Waals surface area contributed by atoms with Crippen molar-refractivity contribution in [1.82, 2.24) is 4.31 Å². The van der Waals surface area contributed by atoms with Crippen molar-refractivity contribution in [2.75, 3.05) is 18.4 Å². The van der Waals surface area contributed by atoms with Crippen LogP contribution in [0.5, 0.6) is 0 Å². The van der Waals surface area contributed by atoms with E-state index in [1.165, 1.54) is 9.87 Å². The van der Waals surface area contributed by atoms with Crippen molar-refractivity contribution in [2.24, 2.45) is 5.92 Å². The first-order valence-corrected chi connectivity index (χ1v) is 10.7. The molecule has 1 aliphatic rings. The molecule has 5 nitrogen and oxygen atoms in total. The molecule has 27 heavy (non-hydrogen) atoms. The van der Waals surface area contributed by atoms with Gasteiger partial charge >= 0.3 is 0 Å². The van der Waals surface area contributed by atoms with E-state index in [0.717, 1.165) is 16.8 Å². The van der Waals surface area contributed by atoms with Crippen molar-refractivity contribution in [2.45, 2.75) is 38.5 Å². The number of benzene rings is 2. The van der Waals surface area contributed by atoms with Crippen LogP contribution < -0.4 is 5.32 Å². The zero-order chi connectivity index (χ0) is 19.6. The Balaban J connectivity index is 1.72. The summed E-state index contributed by atoms with van der Waals surface area (Å²) in [7, 11) is -3.58. The topological polar surface area (TPSA) is 66.5 Å². The second-order valence-corrected chi connectivity index (χ2v) is 9.24. The first-order chi connectivity index (χ1) is 12.8. The maximum atomic E-state index is 12.9. The van der Waals surface area contributed by atoms with E-state index in [0.29, 0.717) is 19.4 Å². The van der Waals surface area contributed by atoms with Crippen molar-refractivity contribution in [3.05, 3.63) is 59.2 Å². The third-order valence-corrected chi connectivity index (χ3v) is 7.07. The first kappa shape index (κ1) is 19.6. The number of piperidine rings is 1. The van der Waals surface area contributed by atoms with E-state index in [4.69, 9.17) is 0 Å². The van der Waals surface area contributed by atoms with Crippen LogP contribution in [-0.4, -0.2) is 31.7 Å². The molecule has 1 saturated heterocycles. The molecule has 1 fully saturated rings. The summed E-state index contributed by atoms with van der Waals surface area (Å²) in [6, 6.07) is 12.6. The van der Waals surface area contributed by atoms with E-state index < -0.39 is 10.0 Å². The van der Waals surface area contributed by atoms with Crippen molar-refractivity contribution >= 4 is 21.6 Å². The second-order valence-electron chi connectivity index (χ2n) is 7.30. The number of hydrogen-bond acceptors (Lipinski definition) is 3. The summed E-state index contributed by atoms with van der Waals surface area (Å²) in [4.78, 5) is 13.0. The van der Waals surface area contributed by atoms with Crippen LogP contribution in [0.1, 0.15) is 29.5 Å². The molecule has 2 aromatic carbocycles. The van der Waals surface area contributed by atoms with E-state index in [1.807, 2.05) is 39.0 Å². The van der Waals surface area contributed by atoms with Crippen LogP contribution in [0.15, 0.2) is 47.4 Å². The van der Waals surface area contributed by atoms with Gasteiger partial charge in [0, 0.05) is 18.8 Å². The largest absolute Gasteiger partial charge is 0.326 e. The lowest BCUT2D eigenvalue weighted by Crippen LogP contribution is -2.43. The van der Waals surface area contributed by atoms with Gasteiger partial charge in [-0.05, 0) is 69.0 Å². The number of carbonyl (C=O) groups excluding carboxylic acids is 1. The molecule has 1 N–H and O–H groups in total. The molecule has 0 saturated carbocycles. The Labute approximate surface area is 161 Å². The predicted octanol–water partition coefficient (Wildman–Crippen LogP) is 3.65. The second kappa shape index (κ2) is 7.82. The minimum atomic E-state index is -3.58. The fourth-order valence-corrected chi connectivity index (χ4v) is 4.82. The number of aryl methyl sites for hydroxylation is 3. The number of carbonyl (C=O) groups is 1. The average Bonchev–Trinajstić information content (AvgIpc) is 2.65. The summed E-state index contributed by atoms with van der Waals surface area (Å²) in [5, 5.41) is 2.94. The maximum absolute atomic E-state index is 12.9. The normalized spacial score (nSPS) is 18.3. The van der Waals surface area contributed by atoms with Crippen LogP contribution in [0.2, 0.25) is 0 Å². The van der Waals surface area contributed by atoms with Crippen LogP contribution in [0.3, 0.4) is 0 Å². The number of amides is 1. The number of anilines is 1. The number of nitrogens with zero attached hydrogens (tertiary/aromatic N) is 1. The highest BCUT2D eigenvalue weighted by Gasteiger charge is 2.33. The molecule has 0 aliphatic carbocycles. The van der Waals surface area contributed by atoms with Gasteiger partial charge in [-0.2, -0.15) is 4.31 Å². The van der Waals surface area contributed by atoms with Crippen molar-refractivity contribution in [3.8, 4) is 0 Å². The molecular formula is C21H26N2O3S. The Morgan fingerprint density at radius 1 is 1.04 bits per heavy atom. The van der Waals surface area contributed by atoms with Crippen LogP contribution >= 0.6 is 0 Å². The van der Waals surface area contributed by atoms with Crippen LogP contribution in [0.4, 0.5) is 5.69 Å². The molecule has 0 unspecified atom stereocenters. The summed E-state index contributed by atoms with van der Waals surface area (Å²) >= 11 is 0. The monoisotopic (exact) mass is 386 g/mol. The molecule has 6 heteroatoms. The van der Waals surface area contributed by atoms with E-state index >= 15 is 0 Å². The third kappa shape index (κ3) is 4.39. The lowest BCUT2D eigenvalue weighted by molar-refractivity contribution is -0.120. The summed E-state index contributed by atoms with van der Waals surface area (Å²) in [5.74, 6) is -0.470. The molecule has 1 aliphatic heterocycles. The average molecular weight is 387 g/mol. The lowest BCUT2D eigenvalue weighted by Gasteiger charge is -2.31. The van der Waals surface area contributed by atoms with Crippen LogP contribution in [0, 0.1) is 26.7 Å². The molecule has 3 rings (SSSR count). The van der Waals surface area contributed by atoms with Gasteiger partial charge in [-0.3, -0.25) is 4.79 Å². The zero-order valence-corrected chi connectivity index (χ0v) is 16.8. The quantitative estimate of drug-likeness (QED) is 0.872. The molecule has 144 valence electrons. The third-order valence-electron chi connectivity index (χ3n) is 5.19. The predicted molar refractivity (Wildman–Crippen MR) is 107 cm³/mol. The van der Waals surface area contributed by atoms with Gasteiger partial charge in [0.25, 0.3) is 0 Å². The molecule has 1 heterocycles. The molecule has 1 atom stereocenters. The summed E-state index contributed by atoms with van der Waals surface area (Å²) in [6.07, 6.45) is 1.37. The van der Waals surface area contributed by atoms with Gasteiger partial charge < -0.3 is 5.32 Å². The Morgan fingerprint density at radius 3 is 2.41 bits per heavy atom. The number of hydrogen-bond donors (Lipinski definition) is 1. The lowest BCUT2D eigenvalue weighted by atomic mass is 9.98. The van der Waals surface area contributed by atoms with Gasteiger partial charge in [0.15, 0.2) is 0 Å². The molecule has 0 radical (unpaired) electrons. The van der Waals surface area contributed by atoms with Crippen molar-refractivity contribution in [3.63, 3.8) is 0 Å². The minimum absolute atomic E-state index is 0.123. The fraction of sp³-hybridized carbons (Fsp3) is 0.381. The van der Waals surface area contributed by atoms with Crippen molar-refractivity contribution in [1.29, 1.82) is 0 Å². The highest BCUT2D eigenvalue weighted by Crippen LogP contribution is 2.25. The van der Waals surface area contributed by atoms with E-state index in [-0.39, 0.29) is 23.3 Å². The molecule has 0 aromatic heterocycles. The first-order valence-electron chi connectivity index (χ1n) is 9.22. The molecule has 2 aromatic rings. The summed E-state index contributed by atoms with van der Waals surface area (Å²) in [5.41, 5.74) is 4.04. The summed E-state index contributed by atoms with van der Waals surface area (Å²) in [6.45, 7) is 6.61. The van der Waals surface area contributed by atoms with Gasteiger partial charge in [-0.25, -0.2) is 8.42 Å². The Bertz CT molecular complexity index is 936. The van der Waals surface area contributed by atoms with Gasteiger partial charge in [0.2, 0.25) is 15.9 Å². The van der Waals surface area contributed by atoms with E-state index in [1.54, 1.807) is 24.3 Å². The molecule has 1 amide bonds. The summed E-state index contributed by atoms with van der Waals surface area (Å²) < 4.78 is 27.2. The fourth-order valence-electron chi connectivity index (χ4n) is 3.30. The van der Waals surface area contributed by atoms with E-state index in [2.05, 4.69) is 5.32 Å². The minimum Gasteiger partial charge on any atom is -0.326 e. The SMILES string of the molecule is Cc1ccc(S(=O)(=O)N2CCC[C@@H](C(=O)Nc3ccc(C)c(C)c3)C2)cc1. The number of rotatable bonds is 4. The number of nitrogens with one attached hydrogen (secondary N) is 1. The zero-order valence-electron chi connectivity index (χ0n) is 16.0. The van der Waals surface area contributed by atoms with Gasteiger partial charge in [-0.15, -0.1) is 0 Å². The standard InChI is InChI=1S/C21H26N2O3S/c1-15-6-10-20(11-7-15)27(25,26)23-12-4-5-18(14-23)21(24)22-19-9-8-16(2)17(3)13-19/h6-11,13,18H,4-5,12,14H2,1-3H3,(H,22,24)/t18-/m1/s1. The highest BCUT2D eigenvalue weighted by molar-refractivity contribution is 7.89. The van der Waals surface area contributed by atoms with Gasteiger partial charge in [0.1, 0.15) is 0 Å². The Morgan fingerprint density at radius 2 is 1.74 bits per heavy atom. The van der Waals surface area contributed by atoms with Crippen LogP contribution in [0.25, 0.3) is 0 Å². The Kier molecular flexibility index (Phi) is 5.67. The maximum Gasteiger partial charge on any atom is 0.243 e. The van der Waals surface area contributed by atoms with Gasteiger partial charge in [-0.1, -0.05) is 23.8 Å².